The van der Waals surface area contributed by atoms with Crippen molar-refractivity contribution in [1.82, 2.24) is 10.6 Å². The predicted molar refractivity (Wildman–Crippen MR) is 75.1 cm³/mol. The predicted octanol–water partition coefficient (Wildman–Crippen LogP) is 2.10. The third kappa shape index (κ3) is 4.91. The maximum atomic E-state index is 11.7. The second kappa shape index (κ2) is 7.14. The van der Waals surface area contributed by atoms with Crippen molar-refractivity contribution in [3.05, 3.63) is 35.9 Å². The molecule has 2 atom stereocenters. The van der Waals surface area contributed by atoms with E-state index in [0.29, 0.717) is 12.6 Å². The number of alkyl carbamates (subject to hydrolysis) is 1. The molecule has 0 aromatic heterocycles. The van der Waals surface area contributed by atoms with E-state index in [0.717, 1.165) is 25.8 Å². The van der Waals surface area contributed by atoms with Crippen LogP contribution in [0.5, 0.6) is 0 Å². The Morgan fingerprint density at radius 3 is 2.95 bits per heavy atom. The van der Waals surface area contributed by atoms with Crippen molar-refractivity contribution in [3.8, 4) is 0 Å². The van der Waals surface area contributed by atoms with E-state index in [-0.39, 0.29) is 12.1 Å². The third-order valence-electron chi connectivity index (χ3n) is 3.41. The summed E-state index contributed by atoms with van der Waals surface area (Å²) < 4.78 is 5.21. The lowest BCUT2D eigenvalue weighted by Crippen LogP contribution is -2.46. The number of benzene rings is 1. The number of amides is 1. The van der Waals surface area contributed by atoms with E-state index in [1.54, 1.807) is 0 Å². The van der Waals surface area contributed by atoms with Crippen molar-refractivity contribution in [1.29, 1.82) is 0 Å². The van der Waals surface area contributed by atoms with Crippen molar-refractivity contribution >= 4 is 6.09 Å². The third-order valence-corrected chi connectivity index (χ3v) is 3.41. The van der Waals surface area contributed by atoms with E-state index in [2.05, 4.69) is 17.6 Å². The van der Waals surface area contributed by atoms with Gasteiger partial charge in [0.25, 0.3) is 0 Å². The fraction of sp³-hybridized carbons (Fsp3) is 0.533. The maximum Gasteiger partial charge on any atom is 0.407 e. The summed E-state index contributed by atoms with van der Waals surface area (Å²) in [5, 5.41) is 6.29. The summed E-state index contributed by atoms with van der Waals surface area (Å²) in [6.07, 6.45) is 2.40. The molecule has 0 saturated carbocycles. The van der Waals surface area contributed by atoms with Crippen molar-refractivity contribution in [3.63, 3.8) is 0 Å². The fourth-order valence-electron chi connectivity index (χ4n) is 2.38. The van der Waals surface area contributed by atoms with Crippen LogP contribution in [0.2, 0.25) is 0 Å². The highest BCUT2D eigenvalue weighted by Gasteiger charge is 2.20. The zero-order chi connectivity index (χ0) is 13.5. The first-order valence-corrected chi connectivity index (χ1v) is 6.94. The first-order chi connectivity index (χ1) is 9.24. The Balaban J connectivity index is 1.64. The van der Waals surface area contributed by atoms with E-state index in [4.69, 9.17) is 4.74 Å². The van der Waals surface area contributed by atoms with Gasteiger partial charge >= 0.3 is 6.09 Å². The van der Waals surface area contributed by atoms with Crippen LogP contribution < -0.4 is 10.6 Å². The number of nitrogens with one attached hydrogen (secondary N) is 2. The van der Waals surface area contributed by atoms with E-state index < -0.39 is 0 Å². The van der Waals surface area contributed by atoms with Crippen LogP contribution in [-0.4, -0.2) is 31.3 Å². The van der Waals surface area contributed by atoms with Gasteiger partial charge in [-0.15, -0.1) is 0 Å². The fourth-order valence-corrected chi connectivity index (χ4v) is 2.38. The second-order valence-corrected chi connectivity index (χ2v) is 5.09. The molecule has 4 heteroatoms. The van der Waals surface area contributed by atoms with Crippen LogP contribution in [0, 0.1) is 0 Å². The Kier molecular flexibility index (Phi) is 5.21. The van der Waals surface area contributed by atoms with Crippen molar-refractivity contribution in [2.45, 2.75) is 38.3 Å². The van der Waals surface area contributed by atoms with Gasteiger partial charge in [-0.05, 0) is 31.9 Å². The molecule has 0 aliphatic carbocycles. The Hall–Kier alpha value is -1.55. The van der Waals surface area contributed by atoms with Gasteiger partial charge in [-0.2, -0.15) is 0 Å². The molecule has 0 bridgehead atoms. The molecule has 1 aromatic rings. The molecule has 1 aliphatic heterocycles. The molecule has 2 N–H and O–H groups in total. The second-order valence-electron chi connectivity index (χ2n) is 5.09. The molecule has 1 heterocycles. The highest BCUT2D eigenvalue weighted by molar-refractivity contribution is 5.67. The van der Waals surface area contributed by atoms with Crippen LogP contribution in [0.15, 0.2) is 30.3 Å². The smallest absolute Gasteiger partial charge is 0.407 e. The summed E-state index contributed by atoms with van der Waals surface area (Å²) in [5.74, 6) is 0. The topological polar surface area (TPSA) is 50.4 Å². The van der Waals surface area contributed by atoms with Gasteiger partial charge < -0.3 is 15.4 Å². The Labute approximate surface area is 114 Å². The van der Waals surface area contributed by atoms with Gasteiger partial charge in [0.15, 0.2) is 0 Å². The molecule has 0 spiro atoms. The van der Waals surface area contributed by atoms with Crippen LogP contribution in [0.4, 0.5) is 4.79 Å². The summed E-state index contributed by atoms with van der Waals surface area (Å²) >= 11 is 0. The molecule has 1 aromatic carbocycles. The lowest BCUT2D eigenvalue weighted by molar-refractivity contribution is 0.140. The van der Waals surface area contributed by atoms with Gasteiger partial charge in [0, 0.05) is 18.5 Å². The van der Waals surface area contributed by atoms with Gasteiger partial charge in [-0.3, -0.25) is 0 Å². The average Bonchev–Trinajstić information content (AvgIpc) is 2.40. The van der Waals surface area contributed by atoms with Crippen molar-refractivity contribution in [2.75, 3.05) is 13.2 Å². The molecule has 0 unspecified atom stereocenters. The van der Waals surface area contributed by atoms with E-state index in [1.165, 1.54) is 5.56 Å². The van der Waals surface area contributed by atoms with Gasteiger partial charge in [0.05, 0.1) is 6.61 Å². The zero-order valence-corrected chi connectivity index (χ0v) is 11.4. The highest BCUT2D eigenvalue weighted by atomic mass is 16.5. The molecule has 0 radical (unpaired) electrons. The summed E-state index contributed by atoms with van der Waals surface area (Å²) in [6.45, 7) is 3.51. The largest absolute Gasteiger partial charge is 0.449 e. The van der Waals surface area contributed by atoms with Crippen molar-refractivity contribution in [2.24, 2.45) is 0 Å². The normalized spacial score (nSPS) is 22.8. The van der Waals surface area contributed by atoms with Crippen LogP contribution in [-0.2, 0) is 11.2 Å². The van der Waals surface area contributed by atoms with Gasteiger partial charge in [-0.25, -0.2) is 4.79 Å². The van der Waals surface area contributed by atoms with E-state index >= 15 is 0 Å². The molecule has 19 heavy (non-hydrogen) atoms. The number of hydrogen-bond donors (Lipinski definition) is 2. The summed E-state index contributed by atoms with van der Waals surface area (Å²) in [4.78, 5) is 11.7. The molecule has 1 aliphatic rings. The summed E-state index contributed by atoms with van der Waals surface area (Å²) in [7, 11) is 0. The summed E-state index contributed by atoms with van der Waals surface area (Å²) in [6, 6.07) is 10.7. The molecule has 1 fully saturated rings. The van der Waals surface area contributed by atoms with Crippen molar-refractivity contribution < 1.29 is 9.53 Å². The monoisotopic (exact) mass is 262 g/mol. The Bertz CT molecular complexity index is 394. The lowest BCUT2D eigenvalue weighted by atomic mass is 10.0. The minimum Gasteiger partial charge on any atom is -0.449 e. The van der Waals surface area contributed by atoms with Crippen LogP contribution >= 0.6 is 0 Å². The number of hydrogen-bond acceptors (Lipinski definition) is 3. The van der Waals surface area contributed by atoms with Crippen LogP contribution in [0.25, 0.3) is 0 Å². The first-order valence-electron chi connectivity index (χ1n) is 6.94. The number of carbonyl (C=O) groups is 1. The summed E-state index contributed by atoms with van der Waals surface area (Å²) in [5.41, 5.74) is 1.19. The zero-order valence-electron chi connectivity index (χ0n) is 11.4. The minimum absolute atomic E-state index is 0.237. The maximum absolute atomic E-state index is 11.7. The molecule has 4 nitrogen and oxygen atoms in total. The van der Waals surface area contributed by atoms with Crippen LogP contribution in [0.3, 0.4) is 0 Å². The first kappa shape index (κ1) is 13.9. The molecule has 1 saturated heterocycles. The van der Waals surface area contributed by atoms with Gasteiger partial charge in [0.1, 0.15) is 0 Å². The van der Waals surface area contributed by atoms with Crippen LogP contribution in [0.1, 0.15) is 25.3 Å². The quantitative estimate of drug-likeness (QED) is 0.873. The van der Waals surface area contributed by atoms with E-state index in [1.807, 2.05) is 30.3 Å². The lowest BCUT2D eigenvalue weighted by Gasteiger charge is -2.28. The number of carbonyl (C=O) groups excluding carboxylic acids is 1. The average molecular weight is 262 g/mol. The number of piperidine rings is 1. The Morgan fingerprint density at radius 1 is 1.42 bits per heavy atom. The molecular formula is C15H22N2O2. The van der Waals surface area contributed by atoms with E-state index in [9.17, 15) is 4.79 Å². The highest BCUT2D eigenvalue weighted by Crippen LogP contribution is 2.08. The standard InChI is InChI=1S/C15H22N2O2/c1-12-11-14(7-9-16-12)17-15(18)19-10-8-13-5-3-2-4-6-13/h2-6,12,14,16H,7-11H2,1H3,(H,17,18)/t12-,14-/m0/s1. The SMILES string of the molecule is C[C@H]1C[C@@H](NC(=O)OCCc2ccccc2)CCN1. The molecule has 2 rings (SSSR count). The molecule has 104 valence electrons. The number of ether oxygens (including phenoxy) is 1. The van der Waals surface area contributed by atoms with Gasteiger partial charge in [-0.1, -0.05) is 30.3 Å². The molecular weight excluding hydrogens is 240 g/mol. The Morgan fingerprint density at radius 2 is 2.21 bits per heavy atom. The minimum atomic E-state index is -0.296. The molecule has 1 amide bonds. The number of rotatable bonds is 4. The van der Waals surface area contributed by atoms with Gasteiger partial charge in [0.2, 0.25) is 0 Å².